The van der Waals surface area contributed by atoms with E-state index in [9.17, 15) is 4.79 Å². The third-order valence-electron chi connectivity index (χ3n) is 2.44. The van der Waals surface area contributed by atoms with Gasteiger partial charge in [-0.1, -0.05) is 5.57 Å². The summed E-state index contributed by atoms with van der Waals surface area (Å²) in [6, 6.07) is 1.40. The van der Waals surface area contributed by atoms with Gasteiger partial charge in [-0.3, -0.25) is 5.32 Å². The Labute approximate surface area is 94.0 Å². The van der Waals surface area contributed by atoms with E-state index in [0.717, 1.165) is 12.8 Å². The van der Waals surface area contributed by atoms with Crippen LogP contribution in [0.1, 0.15) is 25.7 Å². The maximum Gasteiger partial charge on any atom is 0.325 e. The summed E-state index contributed by atoms with van der Waals surface area (Å²) in [6.45, 7) is 0. The summed E-state index contributed by atoms with van der Waals surface area (Å²) in [5, 5.41) is 5.23. The fourth-order valence-electron chi connectivity index (χ4n) is 1.64. The number of amides is 2. The van der Waals surface area contributed by atoms with E-state index in [-0.39, 0.29) is 6.03 Å². The number of carbonyl (C=O) groups is 1. The van der Waals surface area contributed by atoms with Gasteiger partial charge in [0.1, 0.15) is 0 Å². The van der Waals surface area contributed by atoms with Crippen LogP contribution in [0, 0.1) is 0 Å². The van der Waals surface area contributed by atoms with Crippen LogP contribution in [0.5, 0.6) is 0 Å². The summed E-state index contributed by atoms with van der Waals surface area (Å²) in [4.78, 5) is 19.2. The topological polar surface area (TPSA) is 66.9 Å². The number of hydrogen-bond donors (Lipinski definition) is 2. The molecule has 1 aromatic heterocycles. The van der Waals surface area contributed by atoms with Crippen molar-refractivity contribution in [3.8, 4) is 0 Å². The quantitative estimate of drug-likeness (QED) is 0.798. The molecule has 0 aromatic carbocycles. The number of nitrogens with one attached hydrogen (secondary N) is 2. The SMILES string of the molecule is O=C(NC=C1CCCC1)Nc1ncccn1. The van der Waals surface area contributed by atoms with Crippen molar-refractivity contribution in [2.75, 3.05) is 5.32 Å². The maximum atomic E-state index is 11.4. The molecule has 0 spiro atoms. The second kappa shape index (κ2) is 5.25. The number of anilines is 1. The van der Waals surface area contributed by atoms with Crippen LogP contribution in [0.3, 0.4) is 0 Å². The zero-order valence-corrected chi connectivity index (χ0v) is 8.94. The molecule has 1 aliphatic carbocycles. The van der Waals surface area contributed by atoms with Gasteiger partial charge in [0.2, 0.25) is 5.95 Å². The Bertz CT molecular complexity index is 380. The van der Waals surface area contributed by atoms with Crippen LogP contribution in [0.15, 0.2) is 30.2 Å². The molecule has 1 aliphatic rings. The Balaban J connectivity index is 1.82. The van der Waals surface area contributed by atoms with Crippen molar-refractivity contribution in [1.29, 1.82) is 0 Å². The van der Waals surface area contributed by atoms with E-state index >= 15 is 0 Å². The molecule has 1 aromatic rings. The molecule has 84 valence electrons. The summed E-state index contributed by atoms with van der Waals surface area (Å²) in [5.41, 5.74) is 1.30. The molecular weight excluding hydrogens is 204 g/mol. The number of nitrogens with zero attached hydrogens (tertiary/aromatic N) is 2. The number of rotatable bonds is 2. The van der Waals surface area contributed by atoms with Crippen molar-refractivity contribution < 1.29 is 4.79 Å². The minimum Gasteiger partial charge on any atom is -0.314 e. The van der Waals surface area contributed by atoms with Crippen molar-refractivity contribution in [3.05, 3.63) is 30.2 Å². The lowest BCUT2D eigenvalue weighted by molar-refractivity contribution is 0.255. The number of aromatic nitrogens is 2. The molecule has 0 bridgehead atoms. The fraction of sp³-hybridized carbons (Fsp3) is 0.364. The van der Waals surface area contributed by atoms with Gasteiger partial charge in [-0.25, -0.2) is 14.8 Å². The van der Waals surface area contributed by atoms with Crippen molar-refractivity contribution in [2.45, 2.75) is 25.7 Å². The van der Waals surface area contributed by atoms with Crippen LogP contribution < -0.4 is 10.6 Å². The van der Waals surface area contributed by atoms with Crippen molar-refractivity contribution in [1.82, 2.24) is 15.3 Å². The Morgan fingerprint density at radius 1 is 1.25 bits per heavy atom. The summed E-state index contributed by atoms with van der Waals surface area (Å²) in [6.07, 6.45) is 9.56. The molecule has 2 rings (SSSR count). The van der Waals surface area contributed by atoms with E-state index in [0.29, 0.717) is 5.95 Å². The lowest BCUT2D eigenvalue weighted by Gasteiger charge is -2.02. The number of hydrogen-bond acceptors (Lipinski definition) is 3. The second-order valence-electron chi connectivity index (χ2n) is 3.68. The highest BCUT2D eigenvalue weighted by molar-refractivity contribution is 5.87. The Hall–Kier alpha value is -1.91. The van der Waals surface area contributed by atoms with Gasteiger partial charge in [-0.05, 0) is 31.7 Å². The van der Waals surface area contributed by atoms with Gasteiger partial charge in [0.15, 0.2) is 0 Å². The highest BCUT2D eigenvalue weighted by Crippen LogP contribution is 2.22. The van der Waals surface area contributed by atoms with Gasteiger partial charge in [-0.15, -0.1) is 0 Å². The first kappa shape index (κ1) is 10.6. The van der Waals surface area contributed by atoms with Crippen LogP contribution in [-0.4, -0.2) is 16.0 Å². The third kappa shape index (κ3) is 3.05. The first-order chi connectivity index (χ1) is 7.84. The molecule has 5 nitrogen and oxygen atoms in total. The molecule has 1 fully saturated rings. The summed E-state index contributed by atoms with van der Waals surface area (Å²) >= 11 is 0. The zero-order valence-electron chi connectivity index (χ0n) is 8.94. The second-order valence-corrected chi connectivity index (χ2v) is 3.68. The average Bonchev–Trinajstić information content (AvgIpc) is 2.81. The monoisotopic (exact) mass is 218 g/mol. The number of allylic oxidation sites excluding steroid dienone is 1. The lowest BCUT2D eigenvalue weighted by Crippen LogP contribution is -2.25. The first-order valence-electron chi connectivity index (χ1n) is 5.37. The Morgan fingerprint density at radius 2 is 1.94 bits per heavy atom. The zero-order chi connectivity index (χ0) is 11.2. The van der Waals surface area contributed by atoms with Crippen molar-refractivity contribution in [3.63, 3.8) is 0 Å². The molecule has 0 unspecified atom stereocenters. The van der Waals surface area contributed by atoms with E-state index in [1.54, 1.807) is 24.7 Å². The molecule has 0 saturated heterocycles. The molecular formula is C11H14N4O. The largest absolute Gasteiger partial charge is 0.325 e. The minimum atomic E-state index is -0.300. The molecule has 2 N–H and O–H groups in total. The Kier molecular flexibility index (Phi) is 3.48. The highest BCUT2D eigenvalue weighted by Gasteiger charge is 2.07. The van der Waals surface area contributed by atoms with Gasteiger partial charge < -0.3 is 5.32 Å². The van der Waals surface area contributed by atoms with Crippen LogP contribution in [0.2, 0.25) is 0 Å². The molecule has 16 heavy (non-hydrogen) atoms. The molecule has 1 heterocycles. The summed E-state index contributed by atoms with van der Waals surface area (Å²) < 4.78 is 0. The van der Waals surface area contributed by atoms with Crippen LogP contribution in [0.4, 0.5) is 10.7 Å². The first-order valence-corrected chi connectivity index (χ1v) is 5.37. The predicted octanol–water partition coefficient (Wildman–Crippen LogP) is 2.06. The number of urea groups is 1. The van der Waals surface area contributed by atoms with E-state index in [4.69, 9.17) is 0 Å². The lowest BCUT2D eigenvalue weighted by atomic mass is 10.2. The molecule has 0 radical (unpaired) electrons. The smallest absolute Gasteiger partial charge is 0.314 e. The summed E-state index contributed by atoms with van der Waals surface area (Å²) in [7, 11) is 0. The van der Waals surface area contributed by atoms with Crippen molar-refractivity contribution in [2.24, 2.45) is 0 Å². The van der Waals surface area contributed by atoms with Crippen molar-refractivity contribution >= 4 is 12.0 Å². The minimum absolute atomic E-state index is 0.300. The standard InChI is InChI=1S/C11H14N4O/c16-11(14-8-9-4-1-2-5-9)15-10-12-6-3-7-13-10/h3,6-8H,1-2,4-5H2,(H2,12,13,14,15,16). The molecule has 2 amide bonds. The van der Waals surface area contributed by atoms with Gasteiger partial charge in [0, 0.05) is 18.6 Å². The molecule has 0 atom stereocenters. The van der Waals surface area contributed by atoms with Gasteiger partial charge in [-0.2, -0.15) is 0 Å². The third-order valence-corrected chi connectivity index (χ3v) is 2.44. The van der Waals surface area contributed by atoms with Gasteiger partial charge in [0.05, 0.1) is 0 Å². The van der Waals surface area contributed by atoms with E-state index in [2.05, 4.69) is 20.6 Å². The van der Waals surface area contributed by atoms with Gasteiger partial charge >= 0.3 is 6.03 Å². The highest BCUT2D eigenvalue weighted by atomic mass is 16.2. The van der Waals surface area contributed by atoms with Crippen LogP contribution in [0.25, 0.3) is 0 Å². The summed E-state index contributed by atoms with van der Waals surface area (Å²) in [5.74, 6) is 0.310. The normalized spacial score (nSPS) is 14.6. The van der Waals surface area contributed by atoms with E-state index in [1.165, 1.54) is 18.4 Å². The van der Waals surface area contributed by atoms with E-state index < -0.39 is 0 Å². The maximum absolute atomic E-state index is 11.4. The Morgan fingerprint density at radius 3 is 2.62 bits per heavy atom. The molecule has 1 saturated carbocycles. The van der Waals surface area contributed by atoms with E-state index in [1.807, 2.05) is 0 Å². The van der Waals surface area contributed by atoms with Crippen LogP contribution >= 0.6 is 0 Å². The number of carbonyl (C=O) groups excluding carboxylic acids is 1. The van der Waals surface area contributed by atoms with Crippen LogP contribution in [-0.2, 0) is 0 Å². The molecule has 5 heteroatoms. The molecule has 0 aliphatic heterocycles. The predicted molar refractivity (Wildman–Crippen MR) is 60.7 cm³/mol. The fourth-order valence-corrected chi connectivity index (χ4v) is 1.64. The average molecular weight is 218 g/mol. The van der Waals surface area contributed by atoms with Gasteiger partial charge in [0.25, 0.3) is 0 Å².